The fourth-order valence-corrected chi connectivity index (χ4v) is 4.50. The Bertz CT molecular complexity index is 965. The zero-order chi connectivity index (χ0) is 21.9. The van der Waals surface area contributed by atoms with Crippen LogP contribution in [0.2, 0.25) is 19.6 Å². The van der Waals surface area contributed by atoms with Crippen LogP contribution >= 0.6 is 0 Å². The Morgan fingerprint density at radius 3 is 2.67 bits per heavy atom. The van der Waals surface area contributed by atoms with Gasteiger partial charge in [-0.15, -0.1) is 5.54 Å². The van der Waals surface area contributed by atoms with E-state index in [1.807, 2.05) is 30.3 Å². The fraction of sp³-hybridized carbons (Fsp3) is 0.500. The number of aromatic nitrogens is 2. The molecule has 0 bridgehead atoms. The van der Waals surface area contributed by atoms with Gasteiger partial charge in [-0.3, -0.25) is 9.48 Å². The minimum Gasteiger partial charge on any atom is -0.497 e. The fourth-order valence-electron chi connectivity index (χ4n) is 4.02. The normalized spacial score (nSPS) is 18.4. The average Bonchev–Trinajstić information content (AvgIpc) is 3.14. The quantitative estimate of drug-likeness (QED) is 0.531. The molecular formula is C24H33N3O2Si. The van der Waals surface area contributed by atoms with Crippen molar-refractivity contribution in [2.45, 2.75) is 64.3 Å². The number of nitrogens with zero attached hydrogens (tertiary/aromatic N) is 3. The lowest BCUT2D eigenvalue weighted by molar-refractivity contribution is -0.130. The number of aryl methyl sites for hydroxylation is 1. The molecule has 1 aliphatic rings. The SMILES string of the molecule is CCCC[C@H]1Cc2cc(OC)ccc2[C@H](c2ccn(C)n2)N1C(=O)C#C[Si](C)(C)C. The molecule has 2 atom stereocenters. The highest BCUT2D eigenvalue weighted by Gasteiger charge is 2.39. The second-order valence-corrected chi connectivity index (χ2v) is 13.8. The maximum absolute atomic E-state index is 13.5. The Morgan fingerprint density at radius 1 is 1.30 bits per heavy atom. The van der Waals surface area contributed by atoms with Gasteiger partial charge < -0.3 is 9.64 Å². The molecule has 0 spiro atoms. The Labute approximate surface area is 181 Å². The summed E-state index contributed by atoms with van der Waals surface area (Å²) < 4.78 is 7.27. The van der Waals surface area contributed by atoms with Crippen LogP contribution in [0.3, 0.4) is 0 Å². The Hall–Kier alpha value is -2.52. The highest BCUT2D eigenvalue weighted by atomic mass is 28.3. The smallest absolute Gasteiger partial charge is 0.298 e. The van der Waals surface area contributed by atoms with E-state index in [0.717, 1.165) is 42.7 Å². The van der Waals surface area contributed by atoms with E-state index in [1.165, 1.54) is 5.56 Å². The van der Waals surface area contributed by atoms with Gasteiger partial charge in [0.2, 0.25) is 0 Å². The molecule has 160 valence electrons. The maximum atomic E-state index is 13.5. The number of hydrogen-bond donors (Lipinski definition) is 0. The van der Waals surface area contributed by atoms with Gasteiger partial charge in [0.1, 0.15) is 19.9 Å². The van der Waals surface area contributed by atoms with Crippen LogP contribution in [0, 0.1) is 11.5 Å². The van der Waals surface area contributed by atoms with Crippen molar-refractivity contribution in [1.82, 2.24) is 14.7 Å². The number of benzene rings is 1. The monoisotopic (exact) mass is 423 g/mol. The van der Waals surface area contributed by atoms with Gasteiger partial charge in [-0.2, -0.15) is 5.10 Å². The second kappa shape index (κ2) is 9.09. The summed E-state index contributed by atoms with van der Waals surface area (Å²) in [6.07, 6.45) is 5.88. The van der Waals surface area contributed by atoms with Crippen LogP contribution in [0.1, 0.15) is 49.0 Å². The molecule has 5 nitrogen and oxygen atoms in total. The zero-order valence-electron chi connectivity index (χ0n) is 19.0. The van der Waals surface area contributed by atoms with Gasteiger partial charge in [0.05, 0.1) is 12.8 Å². The number of carbonyl (C=O) groups excluding carboxylic acids is 1. The standard InChI is InChI=1S/C24H33N3O2Si/c1-7-8-9-19-16-18-17-20(29-3)10-11-21(18)24(22-12-14-26(2)25-22)27(19)23(28)13-15-30(4,5)6/h10-12,14,17,19,24H,7-9,16H2,1-6H3/t19-,24+/m0/s1. The van der Waals surface area contributed by atoms with Gasteiger partial charge in [-0.1, -0.05) is 45.5 Å². The van der Waals surface area contributed by atoms with E-state index in [4.69, 9.17) is 4.74 Å². The van der Waals surface area contributed by atoms with E-state index < -0.39 is 8.07 Å². The molecule has 2 heterocycles. The van der Waals surface area contributed by atoms with Gasteiger partial charge in [0, 0.05) is 19.3 Å². The number of fused-ring (bicyclic) bond motifs is 1. The summed E-state index contributed by atoms with van der Waals surface area (Å²) in [5, 5.41) is 4.68. The predicted octanol–water partition coefficient (Wildman–Crippen LogP) is 4.34. The second-order valence-electron chi connectivity index (χ2n) is 9.09. The van der Waals surface area contributed by atoms with Gasteiger partial charge in [-0.25, -0.2) is 0 Å². The van der Waals surface area contributed by atoms with Crippen molar-refractivity contribution >= 4 is 14.0 Å². The first-order valence-corrected chi connectivity index (χ1v) is 14.3. The molecule has 0 aliphatic carbocycles. The minimum atomic E-state index is -1.66. The summed E-state index contributed by atoms with van der Waals surface area (Å²) >= 11 is 0. The lowest BCUT2D eigenvalue weighted by atomic mass is 9.84. The van der Waals surface area contributed by atoms with E-state index in [0.29, 0.717) is 0 Å². The molecular weight excluding hydrogens is 390 g/mol. The highest BCUT2D eigenvalue weighted by Crippen LogP contribution is 2.40. The van der Waals surface area contributed by atoms with Crippen LogP contribution in [0.4, 0.5) is 0 Å². The molecule has 1 aliphatic heterocycles. The van der Waals surface area contributed by atoms with E-state index in [9.17, 15) is 4.79 Å². The molecule has 6 heteroatoms. The first-order valence-electron chi connectivity index (χ1n) is 10.8. The first-order chi connectivity index (χ1) is 14.2. The molecule has 0 saturated carbocycles. The third-order valence-corrected chi connectivity index (χ3v) is 6.33. The lowest BCUT2D eigenvalue weighted by Crippen LogP contribution is -2.47. The number of amides is 1. The lowest BCUT2D eigenvalue weighted by Gasteiger charge is -2.42. The number of carbonyl (C=O) groups is 1. The van der Waals surface area contributed by atoms with Crippen LogP contribution in [-0.2, 0) is 18.3 Å². The van der Waals surface area contributed by atoms with E-state index in [2.05, 4.69) is 55.3 Å². The van der Waals surface area contributed by atoms with Gasteiger partial charge in [0.25, 0.3) is 5.91 Å². The average molecular weight is 424 g/mol. The number of methoxy groups -OCH3 is 1. The molecule has 3 rings (SSSR count). The van der Waals surface area contributed by atoms with Crippen LogP contribution in [0.25, 0.3) is 0 Å². The van der Waals surface area contributed by atoms with Crippen molar-refractivity contribution in [1.29, 1.82) is 0 Å². The summed E-state index contributed by atoms with van der Waals surface area (Å²) in [7, 11) is 1.94. The molecule has 30 heavy (non-hydrogen) atoms. The van der Waals surface area contributed by atoms with E-state index in [1.54, 1.807) is 11.8 Å². The summed E-state index contributed by atoms with van der Waals surface area (Å²) in [6, 6.07) is 8.03. The van der Waals surface area contributed by atoms with Crippen molar-refractivity contribution in [3.63, 3.8) is 0 Å². The van der Waals surface area contributed by atoms with Crippen molar-refractivity contribution < 1.29 is 9.53 Å². The maximum Gasteiger partial charge on any atom is 0.298 e. The number of unbranched alkanes of at least 4 members (excludes halogenated alkanes) is 1. The van der Waals surface area contributed by atoms with Crippen molar-refractivity contribution in [2.24, 2.45) is 7.05 Å². The third-order valence-electron chi connectivity index (χ3n) is 5.46. The summed E-state index contributed by atoms with van der Waals surface area (Å²) in [6.45, 7) is 8.68. The number of ether oxygens (including phenoxy) is 1. The summed E-state index contributed by atoms with van der Waals surface area (Å²) in [5.74, 6) is 3.76. The Morgan fingerprint density at radius 2 is 2.07 bits per heavy atom. The van der Waals surface area contributed by atoms with Gasteiger partial charge in [0.15, 0.2) is 0 Å². The summed E-state index contributed by atoms with van der Waals surface area (Å²) in [5.41, 5.74) is 6.50. The van der Waals surface area contributed by atoms with Crippen molar-refractivity contribution in [3.05, 3.63) is 47.3 Å². The van der Waals surface area contributed by atoms with Crippen LogP contribution in [0.15, 0.2) is 30.5 Å². The molecule has 1 amide bonds. The van der Waals surface area contributed by atoms with Crippen molar-refractivity contribution in [3.8, 4) is 17.2 Å². The van der Waals surface area contributed by atoms with Crippen LogP contribution < -0.4 is 4.74 Å². The number of rotatable bonds is 5. The molecule has 1 aromatic carbocycles. The Balaban J connectivity index is 2.13. The largest absolute Gasteiger partial charge is 0.497 e. The highest BCUT2D eigenvalue weighted by molar-refractivity contribution is 6.84. The molecule has 2 aromatic rings. The van der Waals surface area contributed by atoms with E-state index in [-0.39, 0.29) is 18.0 Å². The summed E-state index contributed by atoms with van der Waals surface area (Å²) in [4.78, 5) is 15.5. The molecule has 1 aromatic heterocycles. The van der Waals surface area contributed by atoms with Crippen LogP contribution in [0.5, 0.6) is 5.75 Å². The minimum absolute atomic E-state index is 0.0874. The predicted molar refractivity (Wildman–Crippen MR) is 123 cm³/mol. The number of hydrogen-bond acceptors (Lipinski definition) is 3. The zero-order valence-corrected chi connectivity index (χ0v) is 20.0. The molecule has 0 radical (unpaired) electrons. The first kappa shape index (κ1) is 22.2. The molecule has 0 saturated heterocycles. The topological polar surface area (TPSA) is 47.4 Å². The van der Waals surface area contributed by atoms with Gasteiger partial charge in [-0.05, 0) is 48.1 Å². The molecule has 0 fully saturated rings. The van der Waals surface area contributed by atoms with Crippen LogP contribution in [-0.4, -0.2) is 41.8 Å². The van der Waals surface area contributed by atoms with Gasteiger partial charge >= 0.3 is 0 Å². The molecule has 0 unspecified atom stereocenters. The molecule has 0 N–H and O–H groups in total. The van der Waals surface area contributed by atoms with E-state index >= 15 is 0 Å². The Kier molecular flexibility index (Phi) is 6.72. The third kappa shape index (κ3) is 4.96. The van der Waals surface area contributed by atoms with Crippen molar-refractivity contribution in [2.75, 3.05) is 7.11 Å².